The van der Waals surface area contributed by atoms with Gasteiger partial charge in [0.1, 0.15) is 5.69 Å². The first-order chi connectivity index (χ1) is 11.7. The lowest BCUT2D eigenvalue weighted by molar-refractivity contribution is -0.384. The van der Waals surface area contributed by atoms with Gasteiger partial charge >= 0.3 is 0 Å². The Hall–Kier alpha value is -2.16. The topological polar surface area (TPSA) is 101 Å². The van der Waals surface area contributed by atoms with E-state index in [9.17, 15) is 18.5 Å². The fourth-order valence-electron chi connectivity index (χ4n) is 2.19. The maximum Gasteiger partial charge on any atom is 0.293 e. The van der Waals surface area contributed by atoms with Gasteiger partial charge in [0, 0.05) is 23.7 Å². The first-order valence-electron chi connectivity index (χ1n) is 7.49. The van der Waals surface area contributed by atoms with Crippen molar-refractivity contribution in [2.75, 3.05) is 5.32 Å². The third-order valence-corrected chi connectivity index (χ3v) is 5.32. The molecule has 0 aliphatic heterocycles. The smallest absolute Gasteiger partial charge is 0.293 e. The summed E-state index contributed by atoms with van der Waals surface area (Å²) in [5, 5.41) is 14.8. The molecule has 0 fully saturated rings. The predicted molar refractivity (Wildman–Crippen MR) is 97.3 cm³/mol. The van der Waals surface area contributed by atoms with Gasteiger partial charge in [0.25, 0.3) is 5.69 Å². The van der Waals surface area contributed by atoms with Crippen molar-refractivity contribution in [1.29, 1.82) is 0 Å². The summed E-state index contributed by atoms with van der Waals surface area (Å²) in [6, 6.07) is 10.5. The van der Waals surface area contributed by atoms with Crippen LogP contribution in [0.25, 0.3) is 0 Å². The third kappa shape index (κ3) is 4.91. The van der Waals surface area contributed by atoms with Gasteiger partial charge in [-0.3, -0.25) is 10.1 Å². The van der Waals surface area contributed by atoms with Crippen LogP contribution >= 0.6 is 11.6 Å². The molecule has 0 amide bonds. The van der Waals surface area contributed by atoms with E-state index >= 15 is 0 Å². The van der Waals surface area contributed by atoms with E-state index in [4.69, 9.17) is 11.6 Å². The van der Waals surface area contributed by atoms with Crippen LogP contribution in [0.2, 0.25) is 5.02 Å². The Morgan fingerprint density at radius 3 is 2.48 bits per heavy atom. The van der Waals surface area contributed by atoms with Crippen molar-refractivity contribution in [3.05, 3.63) is 63.2 Å². The lowest BCUT2D eigenvalue weighted by atomic mass is 10.2. The van der Waals surface area contributed by atoms with Gasteiger partial charge < -0.3 is 5.32 Å². The summed E-state index contributed by atoms with van der Waals surface area (Å²) in [7, 11) is -3.81. The standard InChI is InChI=1S/C16H18ClN3O4S/c1-11(2)19-25(23,24)13-7-8-15(16(9-13)20(21)22)18-10-12-5-3-4-6-14(12)17/h3-9,11,18-19H,10H2,1-2H3. The monoisotopic (exact) mass is 383 g/mol. The van der Waals surface area contributed by atoms with Gasteiger partial charge in [-0.1, -0.05) is 29.8 Å². The van der Waals surface area contributed by atoms with Crippen molar-refractivity contribution in [1.82, 2.24) is 4.72 Å². The van der Waals surface area contributed by atoms with E-state index in [1.165, 1.54) is 12.1 Å². The summed E-state index contributed by atoms with van der Waals surface area (Å²) < 4.78 is 26.8. The Kier molecular flexibility index (Phi) is 5.99. The summed E-state index contributed by atoms with van der Waals surface area (Å²) in [4.78, 5) is 10.5. The average Bonchev–Trinajstić information content (AvgIpc) is 2.52. The van der Waals surface area contributed by atoms with E-state index in [-0.39, 0.29) is 28.9 Å². The molecule has 25 heavy (non-hydrogen) atoms. The number of halogens is 1. The maximum atomic E-state index is 12.2. The zero-order valence-electron chi connectivity index (χ0n) is 13.7. The van der Waals surface area contributed by atoms with Gasteiger partial charge in [-0.25, -0.2) is 13.1 Å². The largest absolute Gasteiger partial charge is 0.375 e. The van der Waals surface area contributed by atoms with Gasteiger partial charge in [-0.05, 0) is 37.6 Å². The molecule has 0 unspecified atom stereocenters. The Morgan fingerprint density at radius 2 is 1.88 bits per heavy atom. The Bertz CT molecular complexity index is 885. The summed E-state index contributed by atoms with van der Waals surface area (Å²) in [6.07, 6.45) is 0. The number of nitrogens with zero attached hydrogens (tertiary/aromatic N) is 1. The number of sulfonamides is 1. The summed E-state index contributed by atoms with van der Waals surface area (Å²) in [5.41, 5.74) is 0.670. The number of nitro groups is 1. The van der Waals surface area contributed by atoms with Gasteiger partial charge in [-0.2, -0.15) is 0 Å². The van der Waals surface area contributed by atoms with Gasteiger partial charge in [0.05, 0.1) is 9.82 Å². The third-order valence-electron chi connectivity index (χ3n) is 3.29. The van der Waals surface area contributed by atoms with Gasteiger partial charge in [0.15, 0.2) is 0 Å². The Morgan fingerprint density at radius 1 is 1.20 bits per heavy atom. The molecule has 0 atom stereocenters. The first kappa shape index (κ1) is 19.2. The molecule has 0 aromatic heterocycles. The quantitative estimate of drug-likeness (QED) is 0.562. The number of nitro benzene ring substituents is 1. The summed E-state index contributed by atoms with van der Waals surface area (Å²) in [6.45, 7) is 3.62. The van der Waals surface area contributed by atoms with Crippen LogP contribution in [0.1, 0.15) is 19.4 Å². The van der Waals surface area contributed by atoms with E-state index in [0.717, 1.165) is 11.6 Å². The SMILES string of the molecule is CC(C)NS(=O)(=O)c1ccc(NCc2ccccc2Cl)c([N+](=O)[O-])c1. The Labute approximate surface area is 151 Å². The second-order valence-corrected chi connectivity index (χ2v) is 7.78. The number of hydrogen-bond acceptors (Lipinski definition) is 5. The molecular formula is C16H18ClN3O4S. The van der Waals surface area contributed by atoms with Crippen molar-refractivity contribution in [2.45, 2.75) is 31.3 Å². The molecule has 0 heterocycles. The van der Waals surface area contributed by atoms with Crippen LogP contribution < -0.4 is 10.0 Å². The number of benzene rings is 2. The minimum atomic E-state index is -3.81. The normalized spacial score (nSPS) is 11.5. The van der Waals surface area contributed by atoms with Crippen molar-refractivity contribution in [3.63, 3.8) is 0 Å². The average molecular weight is 384 g/mol. The van der Waals surface area contributed by atoms with Crippen LogP contribution in [-0.2, 0) is 16.6 Å². The summed E-state index contributed by atoms with van der Waals surface area (Å²) in [5.74, 6) is 0. The van der Waals surface area contributed by atoms with Crippen LogP contribution in [0.15, 0.2) is 47.4 Å². The molecule has 0 spiro atoms. The lowest BCUT2D eigenvalue weighted by Gasteiger charge is -2.12. The highest BCUT2D eigenvalue weighted by molar-refractivity contribution is 7.89. The molecule has 0 aliphatic carbocycles. The number of anilines is 1. The fraction of sp³-hybridized carbons (Fsp3) is 0.250. The van der Waals surface area contributed by atoms with Crippen molar-refractivity contribution < 1.29 is 13.3 Å². The van der Waals surface area contributed by atoms with Crippen molar-refractivity contribution in [3.8, 4) is 0 Å². The molecule has 2 rings (SSSR count). The van der Waals surface area contributed by atoms with Crippen LogP contribution in [0.4, 0.5) is 11.4 Å². The molecular weight excluding hydrogens is 366 g/mol. The fourth-order valence-corrected chi connectivity index (χ4v) is 3.66. The Balaban J connectivity index is 2.31. The lowest BCUT2D eigenvalue weighted by Crippen LogP contribution is -2.30. The zero-order chi connectivity index (χ0) is 18.6. The molecule has 9 heteroatoms. The van der Waals surface area contributed by atoms with E-state index in [1.807, 2.05) is 6.07 Å². The molecule has 134 valence electrons. The second-order valence-electron chi connectivity index (χ2n) is 5.66. The molecule has 7 nitrogen and oxygen atoms in total. The van der Waals surface area contributed by atoms with E-state index < -0.39 is 14.9 Å². The van der Waals surface area contributed by atoms with Gasteiger partial charge in [0.2, 0.25) is 10.0 Å². The van der Waals surface area contributed by atoms with Crippen LogP contribution in [0.3, 0.4) is 0 Å². The van der Waals surface area contributed by atoms with E-state index in [0.29, 0.717) is 5.02 Å². The number of rotatable bonds is 7. The van der Waals surface area contributed by atoms with Crippen LogP contribution in [0.5, 0.6) is 0 Å². The minimum absolute atomic E-state index is 0.156. The molecule has 0 aliphatic rings. The highest BCUT2D eigenvalue weighted by atomic mass is 35.5. The molecule has 2 aromatic rings. The van der Waals surface area contributed by atoms with Crippen molar-refractivity contribution in [2.24, 2.45) is 0 Å². The van der Waals surface area contributed by atoms with E-state index in [1.54, 1.807) is 32.0 Å². The molecule has 2 N–H and O–H groups in total. The zero-order valence-corrected chi connectivity index (χ0v) is 15.3. The molecule has 0 saturated heterocycles. The highest BCUT2D eigenvalue weighted by Crippen LogP contribution is 2.28. The molecule has 0 saturated carbocycles. The number of hydrogen-bond donors (Lipinski definition) is 2. The maximum absolute atomic E-state index is 12.2. The minimum Gasteiger partial charge on any atom is -0.375 e. The number of nitrogens with one attached hydrogen (secondary N) is 2. The molecule has 0 bridgehead atoms. The predicted octanol–water partition coefficient (Wildman–Crippen LogP) is 3.55. The van der Waals surface area contributed by atoms with Gasteiger partial charge in [-0.15, -0.1) is 0 Å². The summed E-state index contributed by atoms with van der Waals surface area (Å²) >= 11 is 6.06. The van der Waals surface area contributed by atoms with Crippen LogP contribution in [-0.4, -0.2) is 19.4 Å². The van der Waals surface area contributed by atoms with Crippen molar-refractivity contribution >= 4 is 33.0 Å². The second kappa shape index (κ2) is 7.81. The highest BCUT2D eigenvalue weighted by Gasteiger charge is 2.22. The molecule has 0 radical (unpaired) electrons. The first-order valence-corrected chi connectivity index (χ1v) is 9.35. The van der Waals surface area contributed by atoms with Crippen LogP contribution in [0, 0.1) is 10.1 Å². The van der Waals surface area contributed by atoms with E-state index in [2.05, 4.69) is 10.0 Å². The molecule has 2 aromatic carbocycles.